The van der Waals surface area contributed by atoms with Crippen LogP contribution < -0.4 is 5.32 Å². The maximum absolute atomic E-state index is 12.1. The summed E-state index contributed by atoms with van der Waals surface area (Å²) in [5.74, 6) is 0.678. The first-order valence-corrected chi connectivity index (χ1v) is 8.33. The highest BCUT2D eigenvalue weighted by Crippen LogP contribution is 2.36. The van der Waals surface area contributed by atoms with Gasteiger partial charge in [0.2, 0.25) is 5.91 Å². The van der Waals surface area contributed by atoms with Crippen molar-refractivity contribution in [1.29, 1.82) is 0 Å². The van der Waals surface area contributed by atoms with Crippen molar-refractivity contribution in [1.82, 2.24) is 10.2 Å². The molecule has 3 rings (SSSR count). The third kappa shape index (κ3) is 3.01. The molecule has 4 nitrogen and oxygen atoms in total. The Kier molecular flexibility index (Phi) is 4.32. The van der Waals surface area contributed by atoms with Crippen LogP contribution in [0.3, 0.4) is 0 Å². The molecule has 1 aliphatic carbocycles. The van der Waals surface area contributed by atoms with Crippen LogP contribution in [0.1, 0.15) is 52.4 Å². The minimum Gasteiger partial charge on any atom is -0.364 e. The van der Waals surface area contributed by atoms with Gasteiger partial charge in [-0.25, -0.2) is 0 Å². The lowest BCUT2D eigenvalue weighted by Crippen LogP contribution is -2.46. The number of ether oxygens (including phenoxy) is 1. The number of likely N-dealkylation sites (tertiary alicyclic amines) is 1. The molecule has 0 aromatic rings. The van der Waals surface area contributed by atoms with E-state index in [4.69, 9.17) is 4.74 Å². The van der Waals surface area contributed by atoms with Crippen LogP contribution in [0.25, 0.3) is 0 Å². The molecule has 1 saturated carbocycles. The van der Waals surface area contributed by atoms with Gasteiger partial charge in [0.15, 0.2) is 0 Å². The topological polar surface area (TPSA) is 41.6 Å². The summed E-state index contributed by atoms with van der Waals surface area (Å²) in [5, 5.41) is 2.98. The molecule has 0 aromatic carbocycles. The Morgan fingerprint density at radius 1 is 1.25 bits per heavy atom. The smallest absolute Gasteiger partial charge is 0.249 e. The first-order chi connectivity index (χ1) is 9.63. The highest BCUT2D eigenvalue weighted by molar-refractivity contribution is 5.81. The van der Waals surface area contributed by atoms with Crippen LogP contribution in [0.5, 0.6) is 0 Å². The van der Waals surface area contributed by atoms with Gasteiger partial charge in [-0.15, -0.1) is 0 Å². The van der Waals surface area contributed by atoms with E-state index >= 15 is 0 Å². The lowest BCUT2D eigenvalue weighted by atomic mass is 9.90. The van der Waals surface area contributed by atoms with E-state index in [2.05, 4.69) is 10.2 Å². The predicted molar refractivity (Wildman–Crippen MR) is 78.5 cm³/mol. The number of carbonyl (C=O) groups excluding carboxylic acids is 1. The molecule has 4 heteroatoms. The molecule has 3 fully saturated rings. The second kappa shape index (κ2) is 6.02. The van der Waals surface area contributed by atoms with Gasteiger partial charge in [-0.05, 0) is 52.0 Å². The number of amides is 1. The summed E-state index contributed by atoms with van der Waals surface area (Å²) in [7, 11) is 0. The molecule has 0 unspecified atom stereocenters. The zero-order valence-electron chi connectivity index (χ0n) is 12.8. The molecule has 1 N–H and O–H groups in total. The van der Waals surface area contributed by atoms with E-state index in [0.29, 0.717) is 5.92 Å². The fourth-order valence-corrected chi connectivity index (χ4v) is 4.10. The van der Waals surface area contributed by atoms with Crippen molar-refractivity contribution in [2.24, 2.45) is 5.92 Å². The van der Waals surface area contributed by atoms with Crippen LogP contribution in [0.4, 0.5) is 0 Å². The Morgan fingerprint density at radius 2 is 2.00 bits per heavy atom. The highest BCUT2D eigenvalue weighted by Gasteiger charge is 2.43. The quantitative estimate of drug-likeness (QED) is 0.859. The van der Waals surface area contributed by atoms with Crippen LogP contribution in [0.15, 0.2) is 0 Å². The molecule has 3 atom stereocenters. The van der Waals surface area contributed by atoms with Crippen molar-refractivity contribution < 1.29 is 9.53 Å². The fraction of sp³-hybridized carbons (Fsp3) is 0.938. The average molecular weight is 280 g/mol. The van der Waals surface area contributed by atoms with E-state index in [-0.39, 0.29) is 24.2 Å². The number of hydrogen-bond donors (Lipinski definition) is 1. The summed E-state index contributed by atoms with van der Waals surface area (Å²) in [6, 6.07) is 0.979. The second-order valence-electron chi connectivity index (χ2n) is 7.04. The standard InChI is InChI=1S/C16H28N2O2/c1-11(2)17-16(19)14-9-12-7-8-18(10-15(12)20-14)13-5-3-4-6-13/h11-15H,3-10H2,1-2H3,(H,17,19)/t12-,14+,15+/m1/s1. The largest absolute Gasteiger partial charge is 0.364 e. The molecule has 0 bridgehead atoms. The Balaban J connectivity index is 1.54. The van der Waals surface area contributed by atoms with Crippen LogP contribution in [-0.4, -0.2) is 48.2 Å². The average Bonchev–Trinajstić information content (AvgIpc) is 3.06. The summed E-state index contributed by atoms with van der Waals surface area (Å²) in [4.78, 5) is 14.7. The van der Waals surface area contributed by atoms with Gasteiger partial charge >= 0.3 is 0 Å². The van der Waals surface area contributed by atoms with Gasteiger partial charge in [0.1, 0.15) is 6.10 Å². The number of rotatable bonds is 3. The number of carbonyl (C=O) groups is 1. The van der Waals surface area contributed by atoms with E-state index in [1.165, 1.54) is 38.6 Å². The zero-order chi connectivity index (χ0) is 14.1. The van der Waals surface area contributed by atoms with E-state index in [1.54, 1.807) is 0 Å². The van der Waals surface area contributed by atoms with Crippen LogP contribution >= 0.6 is 0 Å². The predicted octanol–water partition coefficient (Wildman–Crippen LogP) is 1.93. The van der Waals surface area contributed by atoms with E-state index in [9.17, 15) is 4.79 Å². The van der Waals surface area contributed by atoms with Gasteiger partial charge in [-0.3, -0.25) is 9.69 Å². The van der Waals surface area contributed by atoms with Gasteiger partial charge in [-0.1, -0.05) is 12.8 Å². The molecule has 2 heterocycles. The van der Waals surface area contributed by atoms with Gasteiger partial charge < -0.3 is 10.1 Å². The molecule has 20 heavy (non-hydrogen) atoms. The third-order valence-electron chi connectivity index (χ3n) is 5.15. The molecule has 2 aliphatic heterocycles. The maximum atomic E-state index is 12.1. The number of fused-ring (bicyclic) bond motifs is 1. The van der Waals surface area contributed by atoms with Gasteiger partial charge in [0.25, 0.3) is 0 Å². The minimum atomic E-state index is -0.212. The normalized spacial score (nSPS) is 35.5. The van der Waals surface area contributed by atoms with Crippen molar-refractivity contribution in [2.45, 2.75) is 76.7 Å². The third-order valence-corrected chi connectivity index (χ3v) is 5.15. The van der Waals surface area contributed by atoms with Crippen molar-refractivity contribution in [3.8, 4) is 0 Å². The maximum Gasteiger partial charge on any atom is 0.249 e. The second-order valence-corrected chi connectivity index (χ2v) is 7.04. The van der Waals surface area contributed by atoms with Crippen molar-refractivity contribution >= 4 is 5.91 Å². The summed E-state index contributed by atoms with van der Waals surface area (Å²) >= 11 is 0. The molecule has 1 amide bonds. The van der Waals surface area contributed by atoms with Crippen LogP contribution in [-0.2, 0) is 9.53 Å². The van der Waals surface area contributed by atoms with Crippen molar-refractivity contribution in [3.05, 3.63) is 0 Å². The highest BCUT2D eigenvalue weighted by atomic mass is 16.5. The van der Waals surface area contributed by atoms with Gasteiger partial charge in [0.05, 0.1) is 6.10 Å². The lowest BCUT2D eigenvalue weighted by molar-refractivity contribution is -0.133. The Morgan fingerprint density at radius 3 is 2.70 bits per heavy atom. The summed E-state index contributed by atoms with van der Waals surface area (Å²) < 4.78 is 6.06. The Hall–Kier alpha value is -0.610. The monoisotopic (exact) mass is 280 g/mol. The summed E-state index contributed by atoms with van der Waals surface area (Å²) in [6.45, 7) is 6.25. The first-order valence-electron chi connectivity index (χ1n) is 8.33. The number of nitrogens with zero attached hydrogens (tertiary/aromatic N) is 1. The molecular formula is C16H28N2O2. The zero-order valence-corrected chi connectivity index (χ0v) is 12.8. The number of nitrogens with one attached hydrogen (secondary N) is 1. The lowest BCUT2D eigenvalue weighted by Gasteiger charge is -2.37. The van der Waals surface area contributed by atoms with Crippen LogP contribution in [0, 0.1) is 5.92 Å². The Bertz CT molecular complexity index is 352. The minimum absolute atomic E-state index is 0.0850. The number of piperidine rings is 1. The van der Waals surface area contributed by atoms with Crippen molar-refractivity contribution in [2.75, 3.05) is 13.1 Å². The first kappa shape index (κ1) is 14.3. The summed E-state index contributed by atoms with van der Waals surface area (Å²) in [6.07, 6.45) is 7.67. The molecule has 3 aliphatic rings. The molecular weight excluding hydrogens is 252 g/mol. The van der Waals surface area contributed by atoms with E-state index in [1.807, 2.05) is 13.8 Å². The van der Waals surface area contributed by atoms with Gasteiger partial charge in [0, 0.05) is 18.6 Å². The Labute approximate surface area is 122 Å². The van der Waals surface area contributed by atoms with E-state index in [0.717, 1.165) is 19.0 Å². The number of hydrogen-bond acceptors (Lipinski definition) is 3. The molecule has 2 saturated heterocycles. The van der Waals surface area contributed by atoms with Crippen molar-refractivity contribution in [3.63, 3.8) is 0 Å². The molecule has 0 radical (unpaired) electrons. The summed E-state index contributed by atoms with van der Waals surface area (Å²) in [5.41, 5.74) is 0. The molecule has 0 aromatic heterocycles. The van der Waals surface area contributed by atoms with E-state index < -0.39 is 0 Å². The fourth-order valence-electron chi connectivity index (χ4n) is 4.10. The molecule has 114 valence electrons. The van der Waals surface area contributed by atoms with Crippen LogP contribution in [0.2, 0.25) is 0 Å². The SMILES string of the molecule is CC(C)NC(=O)[C@@H]1C[C@H]2CCN(C3CCCC3)C[C@@H]2O1. The van der Waals surface area contributed by atoms with Gasteiger partial charge in [-0.2, -0.15) is 0 Å². The molecule has 0 spiro atoms.